The molecule has 0 saturated heterocycles. The number of carbonyl (C=O) groups excluding carboxylic acids is 2. The summed E-state index contributed by atoms with van der Waals surface area (Å²) in [5.41, 5.74) is -0.304. The van der Waals surface area contributed by atoms with Crippen molar-refractivity contribution in [1.82, 2.24) is 20.3 Å². The molecule has 6 rings (SSSR count). The minimum Gasteiger partial charge on any atom is -0.421 e. The third-order valence-electron chi connectivity index (χ3n) is 7.98. The maximum absolute atomic E-state index is 13.6. The van der Waals surface area contributed by atoms with Gasteiger partial charge in [0.25, 0.3) is 0 Å². The van der Waals surface area contributed by atoms with E-state index in [1.54, 1.807) is 7.05 Å². The second kappa shape index (κ2) is 8.12. The molecule has 3 fully saturated rings. The van der Waals surface area contributed by atoms with Crippen LogP contribution in [0, 0.1) is 23.2 Å². The van der Waals surface area contributed by atoms with Crippen molar-refractivity contribution in [2.75, 3.05) is 23.0 Å². The molecule has 2 bridgehead atoms. The lowest BCUT2D eigenvalue weighted by molar-refractivity contribution is -0.189. The lowest BCUT2D eigenvalue weighted by Gasteiger charge is -2.66. The summed E-state index contributed by atoms with van der Waals surface area (Å²) >= 11 is 6.44. The molecule has 2 aromatic heterocycles. The summed E-state index contributed by atoms with van der Waals surface area (Å²) < 4.78 is 31.8. The molecule has 2 aromatic rings. The first-order valence-electron chi connectivity index (χ1n) is 11.5. The van der Waals surface area contributed by atoms with Crippen molar-refractivity contribution in [2.45, 2.75) is 45.3 Å². The van der Waals surface area contributed by atoms with Crippen LogP contribution in [0.3, 0.4) is 0 Å². The van der Waals surface area contributed by atoms with Crippen LogP contribution in [0.15, 0.2) is 18.5 Å². The van der Waals surface area contributed by atoms with Gasteiger partial charge < -0.3 is 20.7 Å². The van der Waals surface area contributed by atoms with Gasteiger partial charge in [0.05, 0.1) is 29.5 Å². The number of nitrogens with zero attached hydrogens (tertiary/aromatic N) is 3. The van der Waals surface area contributed by atoms with Gasteiger partial charge in [-0.25, -0.2) is 9.97 Å². The van der Waals surface area contributed by atoms with Crippen molar-refractivity contribution >= 4 is 46.7 Å². The molecule has 4 aliphatic rings. The van der Waals surface area contributed by atoms with E-state index in [0.29, 0.717) is 11.7 Å². The first kappa shape index (κ1) is 24.4. The number of alkyl halides is 2. The number of hydrogen-bond donors (Lipinski definition) is 4. The third-order valence-corrected chi connectivity index (χ3v) is 8.25. The standard InChI is InChI=1S/C23H26ClF2N7O3/c1-21(2)10-5-12(18(34)27-4)22(3,15(21)6-10)33-16-13(24)9-29-20(32-16)30-11-7-14-17(28-8-11)31-19(35)23(25,26)36-14/h7-10,12,15H,5-6H2,1-4H3,(H,27,34)(H,28,31,35)(H2,29,30,32,33)/t10-,12+,15+,22-/m0/s1. The van der Waals surface area contributed by atoms with Gasteiger partial charge in [-0.3, -0.25) is 14.9 Å². The highest BCUT2D eigenvalue weighted by Gasteiger charge is 2.64. The molecule has 3 saturated carbocycles. The van der Waals surface area contributed by atoms with Gasteiger partial charge in [0.1, 0.15) is 5.02 Å². The summed E-state index contributed by atoms with van der Waals surface area (Å²) in [6, 6.07) is 1.25. The average Bonchev–Trinajstić information content (AvgIpc) is 2.81. The second-order valence-corrected chi connectivity index (χ2v) is 10.7. The minimum absolute atomic E-state index is 0.0391. The number of nitrogens with one attached hydrogen (secondary N) is 4. The molecule has 36 heavy (non-hydrogen) atoms. The number of anilines is 4. The summed E-state index contributed by atoms with van der Waals surface area (Å²) in [5, 5.41) is 11.4. The Labute approximate surface area is 211 Å². The highest BCUT2D eigenvalue weighted by molar-refractivity contribution is 6.32. The topological polar surface area (TPSA) is 130 Å². The largest absolute Gasteiger partial charge is 0.482 e. The molecule has 0 radical (unpaired) electrons. The van der Waals surface area contributed by atoms with Crippen molar-refractivity contribution in [1.29, 1.82) is 0 Å². The maximum Gasteiger partial charge on any atom is 0.482 e. The monoisotopic (exact) mass is 521 g/mol. The fourth-order valence-electron chi connectivity index (χ4n) is 5.88. The van der Waals surface area contributed by atoms with Gasteiger partial charge >= 0.3 is 12.0 Å². The van der Waals surface area contributed by atoms with Gasteiger partial charge in [-0.15, -0.1) is 0 Å². The molecule has 2 amide bonds. The Morgan fingerprint density at radius 1 is 1.22 bits per heavy atom. The Balaban J connectivity index is 1.41. The van der Waals surface area contributed by atoms with Crippen LogP contribution in [0.25, 0.3) is 0 Å². The number of pyridine rings is 1. The number of carbonyl (C=O) groups is 2. The fourth-order valence-corrected chi connectivity index (χ4v) is 6.02. The van der Waals surface area contributed by atoms with Crippen LogP contribution in [-0.2, 0) is 9.59 Å². The molecule has 192 valence electrons. The van der Waals surface area contributed by atoms with Crippen LogP contribution in [0.4, 0.5) is 32.1 Å². The highest BCUT2D eigenvalue weighted by Crippen LogP contribution is 2.65. The van der Waals surface area contributed by atoms with E-state index in [-0.39, 0.29) is 51.4 Å². The SMILES string of the molecule is CNC(=O)[C@H]1C[C@H]2C[C@H](C2(C)C)[C@@]1(C)Nc1nc(Nc2cnc3c(c2)OC(F)(F)C(=O)N3)ncc1Cl. The number of hydrogen-bond acceptors (Lipinski definition) is 8. The van der Waals surface area contributed by atoms with Gasteiger partial charge in [-0.1, -0.05) is 25.4 Å². The highest BCUT2D eigenvalue weighted by atomic mass is 35.5. The lowest BCUT2D eigenvalue weighted by Crippen LogP contribution is -2.69. The van der Waals surface area contributed by atoms with Crippen molar-refractivity contribution in [3.63, 3.8) is 0 Å². The van der Waals surface area contributed by atoms with Gasteiger partial charge in [0.2, 0.25) is 11.9 Å². The Morgan fingerprint density at radius 3 is 2.67 bits per heavy atom. The first-order valence-corrected chi connectivity index (χ1v) is 11.9. The van der Waals surface area contributed by atoms with Crippen molar-refractivity contribution < 1.29 is 23.1 Å². The van der Waals surface area contributed by atoms with Crippen molar-refractivity contribution in [2.24, 2.45) is 23.2 Å². The van der Waals surface area contributed by atoms with Gasteiger partial charge in [0, 0.05) is 13.1 Å². The quantitative estimate of drug-likeness (QED) is 0.467. The predicted molar refractivity (Wildman–Crippen MR) is 128 cm³/mol. The van der Waals surface area contributed by atoms with Crippen LogP contribution in [-0.4, -0.2) is 45.5 Å². The summed E-state index contributed by atoms with van der Waals surface area (Å²) in [6.07, 6.45) is 0.471. The maximum atomic E-state index is 13.6. The number of amides is 2. The molecule has 0 spiro atoms. The molecular formula is C23H26ClF2N7O3. The number of ether oxygens (including phenoxy) is 1. The Kier molecular flexibility index (Phi) is 5.51. The number of rotatable bonds is 5. The van der Waals surface area contributed by atoms with Crippen LogP contribution in [0.5, 0.6) is 5.75 Å². The van der Waals surface area contributed by atoms with E-state index in [1.165, 1.54) is 18.5 Å². The van der Waals surface area contributed by atoms with Crippen molar-refractivity contribution in [3.05, 3.63) is 23.5 Å². The van der Waals surface area contributed by atoms with E-state index >= 15 is 0 Å². The number of aromatic nitrogens is 3. The molecule has 4 N–H and O–H groups in total. The van der Waals surface area contributed by atoms with Gasteiger partial charge in [-0.2, -0.15) is 13.8 Å². The smallest absolute Gasteiger partial charge is 0.421 e. The Hall–Kier alpha value is -3.28. The average molecular weight is 522 g/mol. The van der Waals surface area contributed by atoms with Crippen LogP contribution in [0.1, 0.15) is 33.6 Å². The number of fused-ring (bicyclic) bond motifs is 3. The Bertz CT molecular complexity index is 1260. The zero-order chi connectivity index (χ0) is 26.0. The molecule has 0 aromatic carbocycles. The van der Waals surface area contributed by atoms with E-state index < -0.39 is 17.6 Å². The van der Waals surface area contributed by atoms with E-state index in [0.717, 1.165) is 12.8 Å². The van der Waals surface area contributed by atoms with E-state index in [1.807, 2.05) is 12.2 Å². The van der Waals surface area contributed by atoms with E-state index in [2.05, 4.69) is 49.5 Å². The second-order valence-electron chi connectivity index (χ2n) is 10.3. The molecule has 1 aliphatic heterocycles. The fraction of sp³-hybridized carbons (Fsp3) is 0.522. The van der Waals surface area contributed by atoms with E-state index in [4.69, 9.17) is 11.6 Å². The molecule has 3 aliphatic carbocycles. The zero-order valence-electron chi connectivity index (χ0n) is 20.1. The molecule has 13 heteroatoms. The summed E-state index contributed by atoms with van der Waals surface area (Å²) in [4.78, 5) is 36.8. The summed E-state index contributed by atoms with van der Waals surface area (Å²) in [7, 11) is 1.63. The molecule has 4 atom stereocenters. The van der Waals surface area contributed by atoms with E-state index in [9.17, 15) is 18.4 Å². The number of halogens is 3. The van der Waals surface area contributed by atoms with Gasteiger partial charge in [-0.05, 0) is 37.0 Å². The third kappa shape index (κ3) is 3.78. The minimum atomic E-state index is -4.01. The molecule has 3 heterocycles. The molecule has 0 unspecified atom stereocenters. The van der Waals surface area contributed by atoms with Crippen LogP contribution < -0.4 is 26.0 Å². The predicted octanol–water partition coefficient (Wildman–Crippen LogP) is 3.79. The summed E-state index contributed by atoms with van der Waals surface area (Å²) in [5.74, 6) is -1.19. The first-order chi connectivity index (χ1) is 16.8. The normalized spacial score (nSPS) is 29.1. The van der Waals surface area contributed by atoms with Gasteiger partial charge in [0.15, 0.2) is 17.4 Å². The lowest BCUT2D eigenvalue weighted by atomic mass is 9.40. The molecular weight excluding hydrogens is 496 g/mol. The Morgan fingerprint density at radius 2 is 1.97 bits per heavy atom. The van der Waals surface area contributed by atoms with Crippen LogP contribution in [0.2, 0.25) is 5.02 Å². The zero-order valence-corrected chi connectivity index (χ0v) is 20.8. The molecule has 10 nitrogen and oxygen atoms in total. The van der Waals surface area contributed by atoms with Crippen molar-refractivity contribution in [3.8, 4) is 5.75 Å². The summed E-state index contributed by atoms with van der Waals surface area (Å²) in [6.45, 7) is 6.47. The van der Waals surface area contributed by atoms with Crippen LogP contribution >= 0.6 is 11.6 Å².